The average Bonchev–Trinajstić information content (AvgIpc) is 2.81. The molecule has 0 bridgehead atoms. The van der Waals surface area contributed by atoms with Crippen molar-refractivity contribution in [3.8, 4) is 11.1 Å². The van der Waals surface area contributed by atoms with Gasteiger partial charge in [-0.05, 0) is 31.2 Å². The highest BCUT2D eigenvalue weighted by molar-refractivity contribution is 6.36. The Hall–Kier alpha value is -2.53. The number of carbonyl (C=O) groups is 1. The van der Waals surface area contributed by atoms with Crippen molar-refractivity contribution in [3.05, 3.63) is 46.8 Å². The molecule has 3 rings (SSSR count). The summed E-state index contributed by atoms with van der Waals surface area (Å²) in [6, 6.07) is 7.32. The maximum atomic E-state index is 12.0. The Morgan fingerprint density at radius 3 is 2.57 bits per heavy atom. The van der Waals surface area contributed by atoms with Crippen LogP contribution in [-0.2, 0) is 4.79 Å². The van der Waals surface area contributed by atoms with E-state index in [0.717, 1.165) is 16.9 Å². The molecule has 0 spiro atoms. The summed E-state index contributed by atoms with van der Waals surface area (Å²) in [7, 11) is 3.84. The zero-order valence-corrected chi connectivity index (χ0v) is 13.8. The third-order valence-electron chi connectivity index (χ3n) is 3.73. The van der Waals surface area contributed by atoms with Crippen molar-refractivity contribution in [1.29, 1.82) is 0 Å². The molecule has 2 N–H and O–H groups in total. The van der Waals surface area contributed by atoms with Crippen molar-refractivity contribution in [1.82, 2.24) is 4.98 Å². The van der Waals surface area contributed by atoms with Gasteiger partial charge in [-0.3, -0.25) is 4.79 Å². The predicted octanol–water partition coefficient (Wildman–Crippen LogP) is 3.71. The quantitative estimate of drug-likeness (QED) is 0.651. The zero-order chi connectivity index (χ0) is 16.7. The fraction of sp³-hybridized carbons (Fsp3) is 0.176. The van der Waals surface area contributed by atoms with Crippen molar-refractivity contribution in [2.24, 2.45) is 0 Å². The van der Waals surface area contributed by atoms with E-state index in [1.54, 1.807) is 18.3 Å². The van der Waals surface area contributed by atoms with Crippen LogP contribution in [0.15, 0.2) is 36.2 Å². The van der Waals surface area contributed by atoms with E-state index in [0.29, 0.717) is 16.3 Å². The maximum absolute atomic E-state index is 12.0. The van der Waals surface area contributed by atoms with Crippen LogP contribution in [0.25, 0.3) is 16.7 Å². The topological polar surface area (TPSA) is 65.5 Å². The molecule has 0 radical (unpaired) electrons. The number of halogens is 1. The van der Waals surface area contributed by atoms with Gasteiger partial charge in [0.25, 0.3) is 5.91 Å². The molecule has 0 saturated heterocycles. The lowest BCUT2D eigenvalue weighted by atomic mass is 9.99. The molecule has 118 valence electrons. The number of nitrogens with one attached hydrogen (secondary N) is 1. The summed E-state index contributed by atoms with van der Waals surface area (Å²) in [5, 5.41) is 13.0. The smallest absolute Gasteiger partial charge is 0.259 e. The summed E-state index contributed by atoms with van der Waals surface area (Å²) in [6.07, 6.45) is 1.74. The third-order valence-corrected chi connectivity index (χ3v) is 4.04. The van der Waals surface area contributed by atoms with Crippen LogP contribution in [0.4, 0.5) is 11.5 Å². The van der Waals surface area contributed by atoms with Gasteiger partial charge < -0.3 is 15.3 Å². The molecule has 0 atom stereocenters. The Bertz CT molecular complexity index is 822. The highest BCUT2D eigenvalue weighted by Gasteiger charge is 2.28. The minimum absolute atomic E-state index is 0.0180. The lowest BCUT2D eigenvalue weighted by molar-refractivity contribution is -0.110. The molecule has 0 fully saturated rings. The highest BCUT2D eigenvalue weighted by atomic mass is 35.5. The fourth-order valence-electron chi connectivity index (χ4n) is 2.58. The van der Waals surface area contributed by atoms with E-state index >= 15 is 0 Å². The minimum atomic E-state index is -0.325. The Kier molecular flexibility index (Phi) is 3.74. The number of fused-ring (bicyclic) bond motifs is 1. The molecule has 5 nitrogen and oxygen atoms in total. The predicted molar refractivity (Wildman–Crippen MR) is 92.9 cm³/mol. The second-order valence-electron chi connectivity index (χ2n) is 5.59. The van der Waals surface area contributed by atoms with E-state index in [1.165, 1.54) is 6.92 Å². The molecule has 1 aromatic carbocycles. The van der Waals surface area contributed by atoms with Gasteiger partial charge in [0.2, 0.25) is 0 Å². The van der Waals surface area contributed by atoms with Gasteiger partial charge in [0, 0.05) is 37.0 Å². The van der Waals surface area contributed by atoms with Crippen molar-refractivity contribution >= 4 is 34.6 Å². The number of anilines is 2. The van der Waals surface area contributed by atoms with Crippen LogP contribution >= 0.6 is 11.6 Å². The van der Waals surface area contributed by atoms with Crippen molar-refractivity contribution < 1.29 is 9.90 Å². The number of rotatable bonds is 2. The molecule has 0 aliphatic carbocycles. The number of aliphatic hydroxyl groups is 1. The number of aromatic nitrogens is 1. The van der Waals surface area contributed by atoms with Crippen LogP contribution < -0.4 is 10.2 Å². The number of hydrogen-bond acceptors (Lipinski definition) is 4. The molecule has 1 aromatic heterocycles. The molecule has 23 heavy (non-hydrogen) atoms. The summed E-state index contributed by atoms with van der Waals surface area (Å²) in [4.78, 5) is 18.3. The van der Waals surface area contributed by atoms with Gasteiger partial charge in [-0.25, -0.2) is 4.98 Å². The number of allylic oxidation sites excluding steroid dienone is 1. The molecular formula is C17H16ClN3O2. The number of nitrogens with zero attached hydrogens (tertiary/aromatic N) is 2. The first-order chi connectivity index (χ1) is 10.9. The van der Waals surface area contributed by atoms with E-state index in [9.17, 15) is 9.90 Å². The molecule has 6 heteroatoms. The molecular weight excluding hydrogens is 314 g/mol. The van der Waals surface area contributed by atoms with E-state index in [4.69, 9.17) is 11.6 Å². The van der Waals surface area contributed by atoms with E-state index in [-0.39, 0.29) is 17.2 Å². The molecule has 1 aliphatic heterocycles. The van der Waals surface area contributed by atoms with Crippen molar-refractivity contribution in [2.45, 2.75) is 6.92 Å². The van der Waals surface area contributed by atoms with Crippen LogP contribution in [0.5, 0.6) is 0 Å². The number of carbonyl (C=O) groups excluding carboxylic acids is 1. The summed E-state index contributed by atoms with van der Waals surface area (Å²) >= 11 is 6.35. The van der Waals surface area contributed by atoms with Gasteiger partial charge >= 0.3 is 0 Å². The van der Waals surface area contributed by atoms with E-state index < -0.39 is 0 Å². The largest absolute Gasteiger partial charge is 0.512 e. The SMILES string of the molecule is C/C(O)=C1\C(=O)Nc2cc(Cl)c(-c3ccc(N(C)C)nc3)cc21. The second kappa shape index (κ2) is 5.59. The van der Waals surface area contributed by atoms with Crippen LogP contribution in [0, 0.1) is 0 Å². The first kappa shape index (κ1) is 15.4. The monoisotopic (exact) mass is 329 g/mol. The third kappa shape index (κ3) is 2.64. The Balaban J connectivity index is 2.12. The first-order valence-electron chi connectivity index (χ1n) is 7.07. The van der Waals surface area contributed by atoms with Gasteiger partial charge in [-0.1, -0.05) is 11.6 Å². The lowest BCUT2D eigenvalue weighted by Gasteiger charge is -2.12. The second-order valence-corrected chi connectivity index (χ2v) is 6.00. The van der Waals surface area contributed by atoms with Gasteiger partial charge in [0.05, 0.1) is 16.3 Å². The summed E-state index contributed by atoms with van der Waals surface area (Å²) in [5.41, 5.74) is 3.13. The number of benzene rings is 1. The normalized spacial score (nSPS) is 15.2. The summed E-state index contributed by atoms with van der Waals surface area (Å²) in [6.45, 7) is 1.49. The summed E-state index contributed by atoms with van der Waals surface area (Å²) in [5.74, 6) is 0.500. The molecule has 0 saturated carbocycles. The number of hydrogen-bond donors (Lipinski definition) is 2. The number of amides is 1. The average molecular weight is 330 g/mol. The molecule has 0 unspecified atom stereocenters. The van der Waals surface area contributed by atoms with Crippen LogP contribution in [0.1, 0.15) is 12.5 Å². The van der Waals surface area contributed by atoms with Crippen LogP contribution in [-0.4, -0.2) is 30.1 Å². The molecule has 1 aliphatic rings. The van der Waals surface area contributed by atoms with E-state index in [1.807, 2.05) is 31.1 Å². The van der Waals surface area contributed by atoms with Crippen LogP contribution in [0.2, 0.25) is 5.02 Å². The Morgan fingerprint density at radius 2 is 2.00 bits per heavy atom. The maximum Gasteiger partial charge on any atom is 0.259 e. The number of pyridine rings is 1. The Morgan fingerprint density at radius 1 is 1.26 bits per heavy atom. The van der Waals surface area contributed by atoms with Crippen molar-refractivity contribution in [2.75, 3.05) is 24.3 Å². The number of aliphatic hydroxyl groups excluding tert-OH is 1. The van der Waals surface area contributed by atoms with E-state index in [2.05, 4.69) is 10.3 Å². The molecule has 2 aromatic rings. The van der Waals surface area contributed by atoms with Gasteiger partial charge in [0.1, 0.15) is 11.6 Å². The zero-order valence-electron chi connectivity index (χ0n) is 13.0. The van der Waals surface area contributed by atoms with Crippen LogP contribution in [0.3, 0.4) is 0 Å². The van der Waals surface area contributed by atoms with Crippen molar-refractivity contribution in [3.63, 3.8) is 0 Å². The molecule has 2 heterocycles. The highest BCUT2D eigenvalue weighted by Crippen LogP contribution is 2.40. The van der Waals surface area contributed by atoms with Gasteiger partial charge in [0.15, 0.2) is 0 Å². The first-order valence-corrected chi connectivity index (χ1v) is 7.45. The Labute approximate surface area is 139 Å². The van der Waals surface area contributed by atoms with Gasteiger partial charge in [-0.15, -0.1) is 0 Å². The van der Waals surface area contributed by atoms with Gasteiger partial charge in [-0.2, -0.15) is 0 Å². The lowest BCUT2D eigenvalue weighted by Crippen LogP contribution is -2.10. The molecule has 1 amide bonds. The minimum Gasteiger partial charge on any atom is -0.512 e. The summed E-state index contributed by atoms with van der Waals surface area (Å²) < 4.78 is 0. The fourth-order valence-corrected chi connectivity index (χ4v) is 2.85. The standard InChI is InChI=1S/C17H16ClN3O2/c1-9(22)16-12-6-11(13(18)7-14(12)20-17(16)23)10-4-5-15(19-8-10)21(2)3/h4-8,22H,1-3H3,(H,20,23)/b16-9+.